The van der Waals surface area contributed by atoms with E-state index in [2.05, 4.69) is 20.1 Å². The summed E-state index contributed by atoms with van der Waals surface area (Å²) in [6.07, 6.45) is 4.07. The fourth-order valence-electron chi connectivity index (χ4n) is 6.19. The summed E-state index contributed by atoms with van der Waals surface area (Å²) in [7, 11) is 1.72. The molecule has 7 nitrogen and oxygen atoms in total. The number of hydrogen-bond acceptors (Lipinski definition) is 5. The lowest BCUT2D eigenvalue weighted by atomic mass is 9.65. The Morgan fingerprint density at radius 1 is 1.23 bits per heavy atom. The van der Waals surface area contributed by atoms with Crippen molar-refractivity contribution in [2.24, 2.45) is 17.8 Å². The monoisotopic (exact) mass is 517 g/mol. The first-order valence-electron chi connectivity index (χ1n) is 11.9. The van der Waals surface area contributed by atoms with E-state index in [-0.39, 0.29) is 48.6 Å². The van der Waals surface area contributed by atoms with Gasteiger partial charge in [0.2, 0.25) is 11.8 Å². The predicted octanol–water partition coefficient (Wildman–Crippen LogP) is 2.83. The van der Waals surface area contributed by atoms with E-state index in [4.69, 9.17) is 11.6 Å². The van der Waals surface area contributed by atoms with E-state index < -0.39 is 22.6 Å². The van der Waals surface area contributed by atoms with E-state index >= 15 is 0 Å². The predicted molar refractivity (Wildman–Crippen MR) is 139 cm³/mol. The van der Waals surface area contributed by atoms with Crippen LogP contribution in [0.25, 0.3) is 0 Å². The van der Waals surface area contributed by atoms with Gasteiger partial charge < -0.3 is 19.8 Å². The van der Waals surface area contributed by atoms with Crippen LogP contribution in [0.15, 0.2) is 49.6 Å². The highest BCUT2D eigenvalue weighted by Crippen LogP contribution is 2.68. The molecule has 9 heteroatoms. The van der Waals surface area contributed by atoms with Gasteiger partial charge in [0.15, 0.2) is 0 Å². The number of aliphatic hydroxyl groups is 1. The number of aliphatic hydroxyl groups excluding tert-OH is 1. The number of nitrogens with zero attached hydrogens (tertiary/aromatic N) is 3. The fraction of sp³-hybridized carbons (Fsp3) is 0.500. The number of anilines is 1. The molecule has 35 heavy (non-hydrogen) atoms. The van der Waals surface area contributed by atoms with E-state index in [1.165, 1.54) is 4.90 Å². The molecule has 0 aromatic heterocycles. The van der Waals surface area contributed by atoms with E-state index in [0.717, 1.165) is 6.42 Å². The Kier molecular flexibility index (Phi) is 7.36. The average Bonchev–Trinajstić information content (AvgIpc) is 3.42. The van der Waals surface area contributed by atoms with Crippen LogP contribution >= 0.6 is 23.4 Å². The third-order valence-corrected chi connectivity index (χ3v) is 9.93. The minimum absolute atomic E-state index is 0.0336. The second-order valence-corrected chi connectivity index (χ2v) is 11.5. The number of β-amino-alcohol motifs (C(OH)–C–C–N with tert-alkyl or cyclic N) is 1. The molecule has 1 aromatic rings. The molecule has 188 valence electrons. The van der Waals surface area contributed by atoms with E-state index in [1.54, 1.807) is 65.0 Å². The minimum atomic E-state index is -0.796. The van der Waals surface area contributed by atoms with Crippen molar-refractivity contribution in [1.29, 1.82) is 0 Å². The van der Waals surface area contributed by atoms with Crippen LogP contribution in [0.5, 0.6) is 0 Å². The maximum absolute atomic E-state index is 14.3. The molecular weight excluding hydrogens is 486 g/mol. The van der Waals surface area contributed by atoms with E-state index in [0.29, 0.717) is 17.3 Å². The summed E-state index contributed by atoms with van der Waals surface area (Å²) in [5, 5.41) is 10.3. The normalized spacial score (nSPS) is 30.8. The van der Waals surface area contributed by atoms with Crippen molar-refractivity contribution < 1.29 is 19.5 Å². The van der Waals surface area contributed by atoms with Crippen molar-refractivity contribution in [1.82, 2.24) is 9.80 Å². The van der Waals surface area contributed by atoms with Crippen LogP contribution in [-0.2, 0) is 14.4 Å². The SMILES string of the molecule is C=CCN(C)C(=O)[C@@H]1[C@@H]2CC(C)C3(S2)C(C(=O)N(CC=C)c2ccc(Cl)cc2)N(CCO)C(=O)[C@H]13. The maximum Gasteiger partial charge on any atom is 0.251 e. The number of halogens is 1. The molecule has 1 spiro atoms. The van der Waals surface area contributed by atoms with Crippen molar-refractivity contribution in [3.05, 3.63) is 54.6 Å². The Labute approximate surface area is 215 Å². The summed E-state index contributed by atoms with van der Waals surface area (Å²) in [4.78, 5) is 46.4. The van der Waals surface area contributed by atoms with Gasteiger partial charge in [0.1, 0.15) is 6.04 Å². The molecule has 1 N–H and O–H groups in total. The molecule has 3 amide bonds. The standard InChI is InChI=1S/C26H32ClN3O4S/c1-5-11-28(4)23(32)20-19-15-16(3)26(35-19)21(20)24(33)30(13-14-31)22(26)25(34)29(12-6-2)18-9-7-17(27)8-10-18/h5-10,16,19-22,31H,1-2,11-15H2,3-4H3/t16?,19-,20+,21-,22?,26?/m0/s1. The average molecular weight is 518 g/mol. The Morgan fingerprint density at radius 3 is 2.49 bits per heavy atom. The number of hydrogen-bond donors (Lipinski definition) is 1. The Bertz CT molecular complexity index is 1030. The van der Waals surface area contributed by atoms with Crippen LogP contribution in [0, 0.1) is 17.8 Å². The smallest absolute Gasteiger partial charge is 0.251 e. The van der Waals surface area contributed by atoms with Crippen LogP contribution in [0.4, 0.5) is 5.69 Å². The fourth-order valence-corrected chi connectivity index (χ4v) is 8.72. The Balaban J connectivity index is 1.79. The second-order valence-electron chi connectivity index (χ2n) is 9.53. The van der Waals surface area contributed by atoms with Gasteiger partial charge in [-0.25, -0.2) is 0 Å². The zero-order valence-electron chi connectivity index (χ0n) is 20.1. The molecule has 6 atom stereocenters. The lowest BCUT2D eigenvalue weighted by Crippen LogP contribution is -2.57. The lowest BCUT2D eigenvalue weighted by Gasteiger charge is -2.40. The number of rotatable bonds is 9. The van der Waals surface area contributed by atoms with Crippen LogP contribution in [0.3, 0.4) is 0 Å². The van der Waals surface area contributed by atoms with Gasteiger partial charge in [0.25, 0.3) is 5.91 Å². The van der Waals surface area contributed by atoms with Gasteiger partial charge in [-0.15, -0.1) is 24.9 Å². The molecule has 3 unspecified atom stereocenters. The highest BCUT2D eigenvalue weighted by atomic mass is 35.5. The number of carbonyl (C=O) groups is 3. The largest absolute Gasteiger partial charge is 0.395 e. The number of likely N-dealkylation sites (tertiary alicyclic amines) is 1. The maximum atomic E-state index is 14.3. The van der Waals surface area contributed by atoms with Crippen LogP contribution in [0.1, 0.15) is 13.3 Å². The first-order valence-corrected chi connectivity index (χ1v) is 13.1. The molecule has 2 bridgehead atoms. The molecule has 0 radical (unpaired) electrons. The number of amides is 3. The van der Waals surface area contributed by atoms with Crippen molar-refractivity contribution >= 4 is 46.8 Å². The zero-order chi connectivity index (χ0) is 25.5. The Hall–Kier alpha value is -2.29. The summed E-state index contributed by atoms with van der Waals surface area (Å²) >= 11 is 7.69. The lowest BCUT2D eigenvalue weighted by molar-refractivity contribution is -0.143. The number of carbonyl (C=O) groups excluding carboxylic acids is 3. The molecule has 3 aliphatic heterocycles. The van der Waals surface area contributed by atoms with Crippen LogP contribution in [0.2, 0.25) is 5.02 Å². The molecule has 4 rings (SSSR count). The number of likely N-dealkylation sites (N-methyl/N-ethyl adjacent to an activating group) is 1. The van der Waals surface area contributed by atoms with Crippen molar-refractivity contribution in [3.63, 3.8) is 0 Å². The molecule has 0 saturated carbocycles. The molecule has 3 fully saturated rings. The molecule has 1 aromatic carbocycles. The van der Waals surface area contributed by atoms with Gasteiger partial charge in [-0.3, -0.25) is 14.4 Å². The summed E-state index contributed by atoms with van der Waals surface area (Å²) in [6.45, 7) is 10.0. The second kappa shape index (κ2) is 9.99. The van der Waals surface area contributed by atoms with E-state index in [1.807, 2.05) is 0 Å². The van der Waals surface area contributed by atoms with Crippen molar-refractivity contribution in [3.8, 4) is 0 Å². The van der Waals surface area contributed by atoms with Crippen LogP contribution in [-0.4, -0.2) is 82.0 Å². The summed E-state index contributed by atoms with van der Waals surface area (Å²) < 4.78 is -0.741. The molecule has 0 aliphatic carbocycles. The topological polar surface area (TPSA) is 81.2 Å². The van der Waals surface area contributed by atoms with Gasteiger partial charge in [-0.05, 0) is 36.6 Å². The molecule has 3 aliphatic rings. The quantitative estimate of drug-likeness (QED) is 0.509. The third-order valence-electron chi connectivity index (χ3n) is 7.60. The van der Waals surface area contributed by atoms with Crippen LogP contribution < -0.4 is 4.90 Å². The zero-order valence-corrected chi connectivity index (χ0v) is 21.7. The molecule has 3 heterocycles. The first kappa shape index (κ1) is 25.8. The number of fused-ring (bicyclic) bond motifs is 1. The van der Waals surface area contributed by atoms with E-state index in [9.17, 15) is 19.5 Å². The third kappa shape index (κ3) is 3.99. The minimum Gasteiger partial charge on any atom is -0.395 e. The summed E-state index contributed by atoms with van der Waals surface area (Å²) in [5.74, 6) is -1.61. The number of benzene rings is 1. The van der Waals surface area contributed by atoms with Gasteiger partial charge in [-0.1, -0.05) is 30.7 Å². The van der Waals surface area contributed by atoms with Crippen molar-refractivity contribution in [2.45, 2.75) is 29.4 Å². The summed E-state index contributed by atoms with van der Waals surface area (Å²) in [5.41, 5.74) is 0.652. The molecular formula is C26H32ClN3O4S. The number of thioether (sulfide) groups is 1. The highest BCUT2D eigenvalue weighted by Gasteiger charge is 2.76. The van der Waals surface area contributed by atoms with Gasteiger partial charge in [0.05, 0.1) is 23.2 Å². The first-order chi connectivity index (χ1) is 16.7. The van der Waals surface area contributed by atoms with Gasteiger partial charge in [-0.2, -0.15) is 0 Å². The highest BCUT2D eigenvalue weighted by molar-refractivity contribution is 8.02. The summed E-state index contributed by atoms with van der Waals surface area (Å²) in [6, 6.07) is 6.18. The van der Waals surface area contributed by atoms with Crippen molar-refractivity contribution in [2.75, 3.05) is 38.2 Å². The van der Waals surface area contributed by atoms with Gasteiger partial charge in [0, 0.05) is 42.6 Å². The Morgan fingerprint density at radius 2 is 1.89 bits per heavy atom. The van der Waals surface area contributed by atoms with Gasteiger partial charge >= 0.3 is 0 Å². The molecule has 3 saturated heterocycles.